The molecule has 0 aliphatic rings. The molecule has 0 radical (unpaired) electrons. The monoisotopic (exact) mass is 825 g/mol. The van der Waals surface area contributed by atoms with Gasteiger partial charge in [0.2, 0.25) is 0 Å². The molecule has 0 atom stereocenters. The molecule has 304 valence electrons. The highest BCUT2D eigenvalue weighted by atomic mass is 15.1. The minimum absolute atomic E-state index is 1.09. The average Bonchev–Trinajstić information content (AvgIpc) is 3.39. The minimum Gasteiger partial charge on any atom is -0.311 e. The number of nitrogens with zero attached hydrogens (tertiary/aromatic N) is 1. The van der Waals surface area contributed by atoms with Crippen molar-refractivity contribution < 1.29 is 0 Å². The van der Waals surface area contributed by atoms with Crippen LogP contribution in [0.1, 0.15) is 0 Å². The molecule has 65 heavy (non-hydrogen) atoms. The second kappa shape index (κ2) is 16.3. The topological polar surface area (TPSA) is 3.24 Å². The van der Waals surface area contributed by atoms with E-state index < -0.39 is 0 Å². The molecule has 12 rings (SSSR count). The molecule has 0 N–H and O–H groups in total. The van der Waals surface area contributed by atoms with Gasteiger partial charge in [-0.1, -0.05) is 224 Å². The molecule has 0 unspecified atom stereocenters. The molecule has 1 nitrogen and oxygen atoms in total. The van der Waals surface area contributed by atoms with Crippen molar-refractivity contribution in [3.05, 3.63) is 261 Å². The number of benzene rings is 12. The van der Waals surface area contributed by atoms with Crippen molar-refractivity contribution in [3.8, 4) is 55.6 Å². The number of fused-ring (bicyclic) bond motifs is 7. The van der Waals surface area contributed by atoms with Crippen LogP contribution < -0.4 is 4.90 Å². The first kappa shape index (κ1) is 38.2. The summed E-state index contributed by atoms with van der Waals surface area (Å²) in [6, 6.07) is 95.1. The Morgan fingerprint density at radius 2 is 0.569 bits per heavy atom. The first-order valence-corrected chi connectivity index (χ1v) is 22.4. The summed E-state index contributed by atoms with van der Waals surface area (Å²) < 4.78 is 0. The third-order valence-electron chi connectivity index (χ3n) is 13.1. The lowest BCUT2D eigenvalue weighted by molar-refractivity contribution is 1.28. The van der Waals surface area contributed by atoms with Crippen LogP contribution in [0.3, 0.4) is 0 Å². The Kier molecular flexibility index (Phi) is 9.58. The van der Waals surface area contributed by atoms with Crippen LogP contribution >= 0.6 is 0 Å². The molecule has 0 aliphatic carbocycles. The molecular weight excluding hydrogens is 783 g/mol. The number of rotatable bonds is 8. The van der Waals surface area contributed by atoms with Gasteiger partial charge in [0.1, 0.15) is 0 Å². The van der Waals surface area contributed by atoms with Crippen molar-refractivity contribution >= 4 is 60.2 Å². The van der Waals surface area contributed by atoms with Crippen molar-refractivity contribution in [1.82, 2.24) is 0 Å². The van der Waals surface area contributed by atoms with Crippen molar-refractivity contribution in [3.63, 3.8) is 0 Å². The van der Waals surface area contributed by atoms with Crippen LogP contribution in [0.15, 0.2) is 261 Å². The fourth-order valence-corrected chi connectivity index (χ4v) is 9.94. The Morgan fingerprint density at radius 1 is 0.200 bits per heavy atom. The smallest absolute Gasteiger partial charge is 0.0462 e. The summed E-state index contributed by atoms with van der Waals surface area (Å²) >= 11 is 0. The molecule has 12 aromatic carbocycles. The van der Waals surface area contributed by atoms with Gasteiger partial charge in [-0.25, -0.2) is 0 Å². The standard InChI is InChI=1S/C64H43N/c1-3-14-44(15-4-1)45-26-28-46(29-27-45)47-30-37-52(38-31-47)65(54-41-34-51(35-42-54)63-55-19-8-7-18-49(55)36-43-57(63)48-16-5-2-6-17-48)53-39-32-50(33-40-53)56-24-13-25-62-60-21-10-9-20-58(60)59-22-11-12-23-61(59)64(56)62/h1-43H. The van der Waals surface area contributed by atoms with Crippen LogP contribution in [-0.2, 0) is 0 Å². The van der Waals surface area contributed by atoms with Gasteiger partial charge in [-0.2, -0.15) is 0 Å². The molecule has 0 amide bonds. The fraction of sp³-hybridized carbons (Fsp3) is 0. The first-order chi connectivity index (χ1) is 32.2. The zero-order valence-electron chi connectivity index (χ0n) is 35.8. The van der Waals surface area contributed by atoms with Crippen molar-refractivity contribution in [1.29, 1.82) is 0 Å². The van der Waals surface area contributed by atoms with E-state index in [4.69, 9.17) is 0 Å². The molecule has 0 heterocycles. The molecule has 0 bridgehead atoms. The molecule has 0 aromatic heterocycles. The quantitative estimate of drug-likeness (QED) is 0.138. The summed E-state index contributed by atoms with van der Waals surface area (Å²) in [4.78, 5) is 2.38. The van der Waals surface area contributed by atoms with Crippen LogP contribution in [0.4, 0.5) is 17.1 Å². The zero-order chi connectivity index (χ0) is 43.1. The Bertz CT molecular complexity index is 3600. The van der Waals surface area contributed by atoms with Crippen molar-refractivity contribution in [2.45, 2.75) is 0 Å². The first-order valence-electron chi connectivity index (χ1n) is 22.4. The van der Waals surface area contributed by atoms with Crippen LogP contribution in [0, 0.1) is 0 Å². The second-order valence-electron chi connectivity index (χ2n) is 16.8. The van der Waals surface area contributed by atoms with Crippen LogP contribution in [0.2, 0.25) is 0 Å². The normalized spacial score (nSPS) is 11.4. The molecular formula is C64H43N. The van der Waals surface area contributed by atoms with E-state index in [1.54, 1.807) is 0 Å². The molecule has 1 heteroatoms. The summed E-state index contributed by atoms with van der Waals surface area (Å²) in [7, 11) is 0. The predicted octanol–water partition coefficient (Wildman–Crippen LogP) is 18.1. The lowest BCUT2D eigenvalue weighted by Gasteiger charge is -2.26. The zero-order valence-corrected chi connectivity index (χ0v) is 35.8. The average molecular weight is 826 g/mol. The van der Waals surface area contributed by atoms with Crippen molar-refractivity contribution in [2.75, 3.05) is 4.90 Å². The summed E-state index contributed by atoms with van der Waals surface area (Å²) in [6.07, 6.45) is 0. The maximum Gasteiger partial charge on any atom is 0.0462 e. The van der Waals surface area contributed by atoms with Gasteiger partial charge in [0.05, 0.1) is 0 Å². The maximum atomic E-state index is 2.38. The Labute approximate surface area is 379 Å². The molecule has 0 spiro atoms. The van der Waals surface area contributed by atoms with E-state index in [2.05, 4.69) is 266 Å². The van der Waals surface area contributed by atoms with Crippen LogP contribution in [0.25, 0.3) is 98.7 Å². The van der Waals surface area contributed by atoms with E-state index in [1.807, 2.05) is 0 Å². The Morgan fingerprint density at radius 3 is 1.12 bits per heavy atom. The van der Waals surface area contributed by atoms with Gasteiger partial charge in [-0.15, -0.1) is 0 Å². The van der Waals surface area contributed by atoms with Gasteiger partial charge < -0.3 is 4.90 Å². The molecule has 0 fully saturated rings. The number of anilines is 3. The fourth-order valence-electron chi connectivity index (χ4n) is 9.94. The van der Waals surface area contributed by atoms with Gasteiger partial charge in [-0.3, -0.25) is 0 Å². The molecule has 12 aromatic rings. The van der Waals surface area contributed by atoms with E-state index in [-0.39, 0.29) is 0 Å². The van der Waals surface area contributed by atoms with E-state index in [0.29, 0.717) is 0 Å². The highest BCUT2D eigenvalue weighted by Crippen LogP contribution is 2.44. The summed E-state index contributed by atoms with van der Waals surface area (Å²) in [6.45, 7) is 0. The molecule has 0 saturated carbocycles. The lowest BCUT2D eigenvalue weighted by Crippen LogP contribution is -2.09. The largest absolute Gasteiger partial charge is 0.311 e. The second-order valence-corrected chi connectivity index (χ2v) is 16.8. The summed E-state index contributed by atoms with van der Waals surface area (Å²) in [5.41, 5.74) is 15.4. The van der Waals surface area contributed by atoms with E-state index >= 15 is 0 Å². The number of hydrogen-bond donors (Lipinski definition) is 0. The van der Waals surface area contributed by atoms with Gasteiger partial charge >= 0.3 is 0 Å². The van der Waals surface area contributed by atoms with Gasteiger partial charge in [0.25, 0.3) is 0 Å². The van der Waals surface area contributed by atoms with Gasteiger partial charge in [-0.05, 0) is 135 Å². The number of hydrogen-bond acceptors (Lipinski definition) is 1. The third kappa shape index (κ3) is 6.92. The third-order valence-corrected chi connectivity index (χ3v) is 13.1. The van der Waals surface area contributed by atoms with E-state index in [9.17, 15) is 0 Å². The predicted molar refractivity (Wildman–Crippen MR) is 278 cm³/mol. The lowest BCUT2D eigenvalue weighted by atomic mass is 9.89. The van der Waals surface area contributed by atoms with E-state index in [1.165, 1.54) is 98.7 Å². The SMILES string of the molecule is c1ccc(-c2ccc(-c3ccc(N(c4ccc(-c5c(-c6ccccc6)ccc6ccccc56)cc4)c4ccc(-c5cccc6c7ccccc7c7ccccc7c56)cc4)cc3)cc2)cc1. The van der Waals surface area contributed by atoms with E-state index in [0.717, 1.165) is 17.1 Å². The van der Waals surface area contributed by atoms with Crippen LogP contribution in [0.5, 0.6) is 0 Å². The molecule has 0 saturated heterocycles. The maximum absolute atomic E-state index is 2.38. The van der Waals surface area contributed by atoms with Gasteiger partial charge in [0, 0.05) is 17.1 Å². The highest BCUT2D eigenvalue weighted by Gasteiger charge is 2.18. The minimum atomic E-state index is 1.09. The van der Waals surface area contributed by atoms with Gasteiger partial charge in [0.15, 0.2) is 0 Å². The van der Waals surface area contributed by atoms with Crippen LogP contribution in [-0.4, -0.2) is 0 Å². The summed E-state index contributed by atoms with van der Waals surface area (Å²) in [5, 5.41) is 10.2. The van der Waals surface area contributed by atoms with Crippen molar-refractivity contribution in [2.24, 2.45) is 0 Å². The highest BCUT2D eigenvalue weighted by molar-refractivity contribution is 6.28. The summed E-state index contributed by atoms with van der Waals surface area (Å²) in [5.74, 6) is 0. The Hall–Kier alpha value is -8.52. The Balaban J connectivity index is 0.964. The molecule has 0 aliphatic heterocycles.